The predicted molar refractivity (Wildman–Crippen MR) is 221 cm³/mol. The number of carbonyl (C=O) groups is 1. The van der Waals surface area contributed by atoms with Gasteiger partial charge in [0.1, 0.15) is 27.8 Å². The van der Waals surface area contributed by atoms with Gasteiger partial charge in [-0.3, -0.25) is 24.8 Å². The molecule has 10 aromatic rings. The summed E-state index contributed by atoms with van der Waals surface area (Å²) in [7, 11) is 1.65. The van der Waals surface area contributed by atoms with Gasteiger partial charge in [-0.15, -0.1) is 0 Å². The predicted octanol–water partition coefficient (Wildman–Crippen LogP) is 7.60. The molecule has 11 rings (SSSR count). The lowest BCUT2D eigenvalue weighted by Gasteiger charge is -2.18. The summed E-state index contributed by atoms with van der Waals surface area (Å²) in [6.45, 7) is 0.603. The van der Waals surface area contributed by atoms with Crippen molar-refractivity contribution in [2.24, 2.45) is 0 Å². The van der Waals surface area contributed by atoms with E-state index in [1.807, 2.05) is 89.7 Å². The van der Waals surface area contributed by atoms with Crippen molar-refractivity contribution in [3.05, 3.63) is 120 Å². The van der Waals surface area contributed by atoms with Gasteiger partial charge in [-0.2, -0.15) is 20.4 Å². The zero-order chi connectivity index (χ0) is 39.2. The minimum Gasteiger partial charge on any atom is -0.497 e. The fourth-order valence-electron chi connectivity index (χ4n) is 6.85. The third kappa shape index (κ3) is 6.77. The first-order chi connectivity index (χ1) is 28.4. The van der Waals surface area contributed by atoms with Gasteiger partial charge in [0.05, 0.1) is 49.5 Å². The van der Waals surface area contributed by atoms with Gasteiger partial charge < -0.3 is 15.4 Å². The van der Waals surface area contributed by atoms with Crippen molar-refractivity contribution in [1.29, 1.82) is 0 Å². The van der Waals surface area contributed by atoms with Crippen LogP contribution in [0.3, 0.4) is 0 Å². The number of aryl methyl sites for hydroxylation is 1. The number of H-pyrrole nitrogens is 3. The van der Waals surface area contributed by atoms with E-state index in [4.69, 9.17) is 21.3 Å². The Labute approximate surface area is 333 Å². The molecule has 1 aliphatic heterocycles. The molecule has 1 amide bonds. The quantitative estimate of drug-likeness (QED) is 0.0995. The Balaban J connectivity index is 0.000000141. The highest BCUT2D eigenvalue weighted by atomic mass is 35.5. The van der Waals surface area contributed by atoms with Crippen molar-refractivity contribution in [2.45, 2.75) is 19.4 Å². The number of aromatic amines is 3. The van der Waals surface area contributed by atoms with Gasteiger partial charge in [0, 0.05) is 39.7 Å². The van der Waals surface area contributed by atoms with E-state index in [0.29, 0.717) is 57.7 Å². The van der Waals surface area contributed by atoms with Crippen LogP contribution in [0.5, 0.6) is 5.75 Å². The highest BCUT2D eigenvalue weighted by Gasteiger charge is 2.17. The largest absolute Gasteiger partial charge is 0.497 e. The molecule has 284 valence electrons. The van der Waals surface area contributed by atoms with Crippen LogP contribution >= 0.6 is 11.6 Å². The minimum absolute atomic E-state index is 0.0362. The first kappa shape index (κ1) is 34.7. The first-order valence-electron chi connectivity index (χ1n) is 18.2. The van der Waals surface area contributed by atoms with Gasteiger partial charge >= 0.3 is 0 Å². The minimum atomic E-state index is 0.0362. The van der Waals surface area contributed by atoms with E-state index < -0.39 is 0 Å². The Morgan fingerprint density at radius 3 is 2.21 bits per heavy atom. The highest BCUT2D eigenvalue weighted by Crippen LogP contribution is 2.31. The van der Waals surface area contributed by atoms with Crippen LogP contribution in [0.25, 0.3) is 66.6 Å². The Morgan fingerprint density at radius 2 is 1.47 bits per heavy atom. The molecule has 0 unspecified atom stereocenters. The second-order valence-corrected chi connectivity index (χ2v) is 14.0. The lowest BCUT2D eigenvalue weighted by Crippen LogP contribution is -2.18. The molecule has 0 spiro atoms. The summed E-state index contributed by atoms with van der Waals surface area (Å²) in [5.41, 5.74) is 10.2. The summed E-state index contributed by atoms with van der Waals surface area (Å²) in [6.07, 6.45) is 8.38. The number of anilines is 3. The SMILES string of the molecule is COc1ccc(Cn2cc3nc(-c4ccc5cn[nH]c5c4)nc(Cl)c3n2)cc1.O=C1CCc2ccc(Nc3nc(-c4ccc5cn[nH]c5c4)nc4cn[nH]c34)cc2N1. The number of hydrogen-bond donors (Lipinski definition) is 5. The summed E-state index contributed by atoms with van der Waals surface area (Å²) in [5.74, 6) is 2.60. The van der Waals surface area contributed by atoms with Gasteiger partial charge in [-0.25, -0.2) is 19.9 Å². The molecule has 0 bridgehead atoms. The summed E-state index contributed by atoms with van der Waals surface area (Å²) in [6, 6.07) is 25.6. The van der Waals surface area contributed by atoms with Gasteiger partial charge in [0.25, 0.3) is 0 Å². The molecule has 0 saturated heterocycles. The maximum Gasteiger partial charge on any atom is 0.224 e. The topological polar surface area (TPSA) is 206 Å². The molecule has 58 heavy (non-hydrogen) atoms. The van der Waals surface area contributed by atoms with Gasteiger partial charge in [-0.05, 0) is 53.9 Å². The molecule has 1 aliphatic rings. The number of rotatable bonds is 7. The van der Waals surface area contributed by atoms with Crippen LogP contribution in [0.15, 0.2) is 104 Å². The molecule has 16 nitrogen and oxygen atoms in total. The fourth-order valence-corrected chi connectivity index (χ4v) is 7.07. The summed E-state index contributed by atoms with van der Waals surface area (Å²) in [5, 5.41) is 34.3. The Bertz CT molecular complexity index is 3150. The fraction of sp³-hybridized carbons (Fsp3) is 0.0976. The lowest BCUT2D eigenvalue weighted by molar-refractivity contribution is -0.116. The molecule has 17 heteroatoms. The van der Waals surface area contributed by atoms with Crippen LogP contribution in [0, 0.1) is 0 Å². The molecule has 0 atom stereocenters. The zero-order valence-corrected chi connectivity index (χ0v) is 31.4. The van der Waals surface area contributed by atoms with E-state index in [0.717, 1.165) is 67.6 Å². The molecule has 0 aliphatic carbocycles. The number of halogens is 1. The van der Waals surface area contributed by atoms with Crippen molar-refractivity contribution < 1.29 is 9.53 Å². The van der Waals surface area contributed by atoms with E-state index in [9.17, 15) is 4.79 Å². The number of nitrogens with zero attached hydrogens (tertiary/aromatic N) is 9. The van der Waals surface area contributed by atoms with Crippen molar-refractivity contribution >= 4 is 78.6 Å². The Kier molecular flexibility index (Phi) is 8.63. The average Bonchev–Trinajstić information content (AvgIpc) is 4.08. The molecule has 0 saturated carbocycles. The van der Waals surface area contributed by atoms with Crippen molar-refractivity contribution in [3.8, 4) is 28.5 Å². The number of amides is 1. The van der Waals surface area contributed by atoms with E-state index in [2.05, 4.69) is 61.3 Å². The molecule has 4 aromatic carbocycles. The number of aromatic nitrogens is 12. The normalized spacial score (nSPS) is 12.4. The van der Waals surface area contributed by atoms with E-state index >= 15 is 0 Å². The van der Waals surface area contributed by atoms with Gasteiger partial charge in [0.2, 0.25) is 5.91 Å². The summed E-state index contributed by atoms with van der Waals surface area (Å²) in [4.78, 5) is 30.2. The van der Waals surface area contributed by atoms with Gasteiger partial charge in [-0.1, -0.05) is 54.1 Å². The molecule has 7 heterocycles. The molecular formula is C41H31ClN14O2. The summed E-state index contributed by atoms with van der Waals surface area (Å²) < 4.78 is 7.01. The third-order valence-electron chi connectivity index (χ3n) is 9.84. The Morgan fingerprint density at radius 1 is 0.759 bits per heavy atom. The Hall–Kier alpha value is -7.72. The molecular weight excluding hydrogens is 756 g/mol. The molecule has 6 aromatic heterocycles. The van der Waals surface area contributed by atoms with Gasteiger partial charge in [0.15, 0.2) is 22.6 Å². The van der Waals surface area contributed by atoms with Crippen molar-refractivity contribution in [3.63, 3.8) is 0 Å². The summed E-state index contributed by atoms with van der Waals surface area (Å²) >= 11 is 6.40. The smallest absolute Gasteiger partial charge is 0.224 e. The molecule has 0 radical (unpaired) electrons. The number of benzene rings is 4. The number of hydrogen-bond acceptors (Lipinski definition) is 11. The standard InChI is InChI=1S/C21H16N8O.C20H15ClN6O/c30-18-6-4-11-3-5-14(8-15(11)25-18)24-21-19-17(10-23-29-19)26-20(27-21)12-1-2-13-9-22-28-16(13)7-12;1-28-15-6-2-12(3-7-15)10-27-11-17-18(26-27)19(21)24-20(23-17)13-4-5-14-9-22-25-16(14)8-13/h1-3,5,7-10H,4,6H2,(H,22,28)(H,23,29)(H,25,30)(H,24,26,27);2-9,11H,10H2,1H3,(H,22,25). The average molecular weight is 787 g/mol. The molecule has 0 fully saturated rings. The van der Waals surface area contributed by atoms with Crippen LogP contribution in [-0.4, -0.2) is 73.3 Å². The number of methoxy groups -OCH3 is 1. The molecule has 5 N–H and O–H groups in total. The second kappa shape index (κ2) is 14.4. The third-order valence-corrected chi connectivity index (χ3v) is 10.1. The van der Waals surface area contributed by atoms with Crippen molar-refractivity contribution in [2.75, 3.05) is 17.7 Å². The van der Waals surface area contributed by atoms with Crippen LogP contribution in [0.1, 0.15) is 17.5 Å². The first-order valence-corrected chi connectivity index (χ1v) is 18.6. The number of carbonyl (C=O) groups excluding carboxylic acids is 1. The lowest BCUT2D eigenvalue weighted by atomic mass is 10.0. The highest BCUT2D eigenvalue weighted by molar-refractivity contribution is 6.33. The second-order valence-electron chi connectivity index (χ2n) is 13.7. The maximum absolute atomic E-state index is 11.7. The van der Waals surface area contributed by atoms with E-state index in [-0.39, 0.29) is 5.91 Å². The van der Waals surface area contributed by atoms with Crippen LogP contribution in [-0.2, 0) is 17.8 Å². The maximum atomic E-state index is 11.7. The number of nitrogens with one attached hydrogen (secondary N) is 5. The zero-order valence-electron chi connectivity index (χ0n) is 30.7. The van der Waals surface area contributed by atoms with Crippen LogP contribution in [0.4, 0.5) is 17.2 Å². The number of ether oxygens (including phenoxy) is 1. The van der Waals surface area contributed by atoms with Crippen molar-refractivity contribution in [1.82, 2.24) is 60.3 Å². The monoisotopic (exact) mass is 786 g/mol. The van der Waals surface area contributed by atoms with Crippen LogP contribution in [0.2, 0.25) is 5.15 Å². The van der Waals surface area contributed by atoms with Crippen LogP contribution < -0.4 is 15.4 Å². The van der Waals surface area contributed by atoms with E-state index in [1.165, 1.54) is 0 Å². The number of fused-ring (bicyclic) bond motifs is 5. The van der Waals surface area contributed by atoms with E-state index in [1.54, 1.807) is 25.7 Å².